The van der Waals surface area contributed by atoms with Crippen molar-refractivity contribution in [3.8, 4) is 0 Å². The molecule has 0 bridgehead atoms. The summed E-state index contributed by atoms with van der Waals surface area (Å²) < 4.78 is 13.8. The molecule has 0 saturated carbocycles. The van der Waals surface area contributed by atoms with Gasteiger partial charge in [-0.1, -0.05) is 0 Å². The third-order valence-corrected chi connectivity index (χ3v) is 2.80. The number of carboxylic acid groups (broad SMARTS) is 1. The summed E-state index contributed by atoms with van der Waals surface area (Å²) in [7, 11) is 0. The molecular weight excluding hydrogens is 225 g/mol. The highest BCUT2D eigenvalue weighted by Gasteiger charge is 2.19. The zero-order valence-electron chi connectivity index (χ0n) is 9.24. The minimum Gasteiger partial charge on any atom is -0.478 e. The first-order chi connectivity index (χ1) is 8.18. The van der Waals surface area contributed by atoms with Crippen molar-refractivity contribution in [2.75, 3.05) is 18.4 Å². The van der Waals surface area contributed by atoms with Crippen molar-refractivity contribution < 1.29 is 14.3 Å². The molecule has 92 valence electrons. The number of nitrogens with zero attached hydrogens (tertiary/aromatic N) is 1. The van der Waals surface area contributed by atoms with Crippen molar-refractivity contribution in [3.05, 3.63) is 23.6 Å². The van der Waals surface area contributed by atoms with E-state index in [0.717, 1.165) is 32.0 Å². The number of nitrogens with one attached hydrogen (secondary N) is 2. The van der Waals surface area contributed by atoms with Gasteiger partial charge in [0.2, 0.25) is 0 Å². The Balaban J connectivity index is 2.15. The summed E-state index contributed by atoms with van der Waals surface area (Å²) in [6, 6.07) is 1.30. The molecule has 1 aliphatic heterocycles. The first-order valence-corrected chi connectivity index (χ1v) is 5.53. The molecule has 3 N–H and O–H groups in total. The second-order valence-corrected chi connectivity index (χ2v) is 3.99. The number of pyridine rings is 1. The molecule has 0 spiro atoms. The van der Waals surface area contributed by atoms with Crippen molar-refractivity contribution in [1.82, 2.24) is 10.3 Å². The maximum absolute atomic E-state index is 13.8. The number of carbonyl (C=O) groups is 1. The van der Waals surface area contributed by atoms with Crippen LogP contribution in [0.5, 0.6) is 0 Å². The van der Waals surface area contributed by atoms with Crippen molar-refractivity contribution in [2.24, 2.45) is 0 Å². The van der Waals surface area contributed by atoms with Crippen molar-refractivity contribution >= 4 is 11.8 Å². The van der Waals surface area contributed by atoms with Crippen LogP contribution >= 0.6 is 0 Å². The fourth-order valence-corrected chi connectivity index (χ4v) is 1.87. The van der Waals surface area contributed by atoms with Crippen molar-refractivity contribution in [2.45, 2.75) is 18.9 Å². The molecule has 17 heavy (non-hydrogen) atoms. The molecule has 1 fully saturated rings. The normalized spacial score (nSPS) is 16.8. The SMILES string of the molecule is O=C(O)c1ccnc(NC2CCNCC2)c1F. The van der Waals surface area contributed by atoms with Crippen LogP contribution in [0.4, 0.5) is 10.2 Å². The summed E-state index contributed by atoms with van der Waals surface area (Å²) >= 11 is 0. The Hall–Kier alpha value is -1.69. The van der Waals surface area contributed by atoms with Crippen molar-refractivity contribution in [1.29, 1.82) is 0 Å². The molecule has 2 heterocycles. The number of anilines is 1. The van der Waals surface area contributed by atoms with Crippen LogP contribution in [0.1, 0.15) is 23.2 Å². The lowest BCUT2D eigenvalue weighted by Gasteiger charge is -2.24. The Morgan fingerprint density at radius 2 is 2.24 bits per heavy atom. The second kappa shape index (κ2) is 5.09. The molecule has 0 amide bonds. The maximum atomic E-state index is 13.8. The summed E-state index contributed by atoms with van der Waals surface area (Å²) in [6.07, 6.45) is 3.05. The van der Waals surface area contributed by atoms with Gasteiger partial charge in [-0.25, -0.2) is 14.2 Å². The van der Waals surface area contributed by atoms with Gasteiger partial charge in [0.15, 0.2) is 11.6 Å². The fourth-order valence-electron chi connectivity index (χ4n) is 1.87. The van der Waals surface area contributed by atoms with Crippen LogP contribution in [0.3, 0.4) is 0 Å². The van der Waals surface area contributed by atoms with Crippen LogP contribution in [0.15, 0.2) is 12.3 Å². The van der Waals surface area contributed by atoms with Crippen LogP contribution in [0, 0.1) is 5.82 Å². The van der Waals surface area contributed by atoms with Gasteiger partial charge in [0.25, 0.3) is 0 Å². The number of rotatable bonds is 3. The van der Waals surface area contributed by atoms with Gasteiger partial charge in [0.05, 0.1) is 0 Å². The molecule has 0 radical (unpaired) electrons. The summed E-state index contributed by atoms with van der Waals surface area (Å²) in [5, 5.41) is 14.9. The molecule has 0 atom stereocenters. The van der Waals surface area contributed by atoms with Crippen LogP contribution in [-0.4, -0.2) is 35.2 Å². The van der Waals surface area contributed by atoms with E-state index >= 15 is 0 Å². The van der Waals surface area contributed by atoms with Gasteiger partial charge in [-0.15, -0.1) is 0 Å². The van der Waals surface area contributed by atoms with Gasteiger partial charge < -0.3 is 15.7 Å². The van der Waals surface area contributed by atoms with E-state index in [4.69, 9.17) is 5.11 Å². The summed E-state index contributed by atoms with van der Waals surface area (Å²) in [5.41, 5.74) is -0.351. The number of hydrogen-bond acceptors (Lipinski definition) is 4. The first-order valence-electron chi connectivity index (χ1n) is 5.53. The smallest absolute Gasteiger partial charge is 0.338 e. The maximum Gasteiger partial charge on any atom is 0.338 e. The van der Waals surface area contributed by atoms with Crippen LogP contribution < -0.4 is 10.6 Å². The molecule has 0 unspecified atom stereocenters. The van der Waals surface area contributed by atoms with E-state index in [2.05, 4.69) is 15.6 Å². The average Bonchev–Trinajstić information content (AvgIpc) is 2.33. The van der Waals surface area contributed by atoms with Crippen LogP contribution in [-0.2, 0) is 0 Å². The van der Waals surface area contributed by atoms with E-state index in [9.17, 15) is 9.18 Å². The molecule has 0 aromatic carbocycles. The van der Waals surface area contributed by atoms with Gasteiger partial charge in [-0.3, -0.25) is 0 Å². The quantitative estimate of drug-likeness (QED) is 0.736. The van der Waals surface area contributed by atoms with Gasteiger partial charge in [0.1, 0.15) is 5.56 Å². The van der Waals surface area contributed by atoms with Crippen molar-refractivity contribution in [3.63, 3.8) is 0 Å². The minimum atomic E-state index is -1.28. The molecule has 1 aromatic heterocycles. The van der Waals surface area contributed by atoms with E-state index in [1.165, 1.54) is 6.20 Å². The number of hydrogen-bond donors (Lipinski definition) is 3. The fraction of sp³-hybridized carbons (Fsp3) is 0.455. The van der Waals surface area contributed by atoms with E-state index in [0.29, 0.717) is 0 Å². The molecule has 1 aliphatic rings. The van der Waals surface area contributed by atoms with E-state index < -0.39 is 11.8 Å². The van der Waals surface area contributed by atoms with Gasteiger partial charge >= 0.3 is 5.97 Å². The standard InChI is InChI=1S/C11H14FN3O2/c12-9-8(11(16)17)3-6-14-10(9)15-7-1-4-13-5-2-7/h3,6-7,13H,1-2,4-5H2,(H,14,15)(H,16,17). The highest BCUT2D eigenvalue weighted by atomic mass is 19.1. The molecule has 2 rings (SSSR count). The van der Waals surface area contributed by atoms with Crippen LogP contribution in [0.2, 0.25) is 0 Å². The van der Waals surface area contributed by atoms with E-state index in [-0.39, 0.29) is 17.4 Å². The second-order valence-electron chi connectivity index (χ2n) is 3.99. The Morgan fingerprint density at radius 3 is 2.88 bits per heavy atom. The third-order valence-electron chi connectivity index (χ3n) is 2.80. The third kappa shape index (κ3) is 2.71. The van der Waals surface area contributed by atoms with Gasteiger partial charge in [0, 0.05) is 12.2 Å². The number of halogens is 1. The molecule has 1 saturated heterocycles. The number of piperidine rings is 1. The monoisotopic (exact) mass is 239 g/mol. The minimum absolute atomic E-state index is 0.0248. The van der Waals surface area contributed by atoms with Gasteiger partial charge in [-0.05, 0) is 32.0 Å². The molecule has 1 aromatic rings. The predicted molar refractivity (Wildman–Crippen MR) is 60.7 cm³/mol. The zero-order chi connectivity index (χ0) is 12.3. The van der Waals surface area contributed by atoms with Crippen LogP contribution in [0.25, 0.3) is 0 Å². The highest BCUT2D eigenvalue weighted by Crippen LogP contribution is 2.18. The highest BCUT2D eigenvalue weighted by molar-refractivity contribution is 5.88. The number of aromatic nitrogens is 1. The molecule has 0 aliphatic carbocycles. The Kier molecular flexibility index (Phi) is 3.53. The summed E-state index contributed by atoms with van der Waals surface area (Å²) in [5.74, 6) is -2.05. The Labute approximate surface area is 98.1 Å². The Bertz CT molecular complexity index is 419. The van der Waals surface area contributed by atoms with E-state index in [1.807, 2.05) is 0 Å². The lowest BCUT2D eigenvalue weighted by Crippen LogP contribution is -2.35. The molecule has 5 nitrogen and oxygen atoms in total. The largest absolute Gasteiger partial charge is 0.478 e. The van der Waals surface area contributed by atoms with Gasteiger partial charge in [-0.2, -0.15) is 0 Å². The Morgan fingerprint density at radius 1 is 1.53 bits per heavy atom. The predicted octanol–water partition coefficient (Wildman–Crippen LogP) is 1.08. The topological polar surface area (TPSA) is 74.2 Å². The lowest BCUT2D eigenvalue weighted by molar-refractivity contribution is 0.0692. The summed E-state index contributed by atoms with van der Waals surface area (Å²) in [4.78, 5) is 14.6. The van der Waals surface area contributed by atoms with E-state index in [1.54, 1.807) is 0 Å². The zero-order valence-corrected chi connectivity index (χ0v) is 9.24. The molecule has 6 heteroatoms. The lowest BCUT2D eigenvalue weighted by atomic mass is 10.1. The number of aromatic carboxylic acids is 1. The molecular formula is C11H14FN3O2. The summed E-state index contributed by atoms with van der Waals surface area (Å²) in [6.45, 7) is 1.75. The first kappa shape index (κ1) is 11.8. The average molecular weight is 239 g/mol. The number of carboxylic acids is 1.